The molecular weight excluding hydrogens is 236 g/mol. The van der Waals surface area contributed by atoms with E-state index in [1.54, 1.807) is 0 Å². The van der Waals surface area contributed by atoms with Gasteiger partial charge < -0.3 is 15.2 Å². The van der Waals surface area contributed by atoms with Gasteiger partial charge in [-0.3, -0.25) is 0 Å². The summed E-state index contributed by atoms with van der Waals surface area (Å²) in [6.45, 7) is 3.96. The molecule has 1 saturated heterocycles. The van der Waals surface area contributed by atoms with Crippen molar-refractivity contribution in [3.8, 4) is 0 Å². The fraction of sp³-hybridized carbons (Fsp3) is 0.533. The normalized spacial score (nSPS) is 20.2. The maximum Gasteiger partial charge on any atom is 0.123 e. The fourth-order valence-corrected chi connectivity index (χ4v) is 3.08. The first-order valence-corrected chi connectivity index (χ1v) is 7.13. The number of imidazole rings is 1. The predicted octanol–water partition coefficient (Wildman–Crippen LogP) is 2.41. The summed E-state index contributed by atoms with van der Waals surface area (Å²) in [5, 5.41) is 0. The minimum Gasteiger partial charge on any atom is -0.369 e. The number of rotatable bonds is 2. The highest BCUT2D eigenvalue weighted by molar-refractivity contribution is 5.80. The molecule has 1 fully saturated rings. The molecule has 0 aliphatic carbocycles. The molecule has 2 aromatic rings. The molecule has 1 aromatic heterocycles. The summed E-state index contributed by atoms with van der Waals surface area (Å²) >= 11 is 0. The van der Waals surface area contributed by atoms with E-state index >= 15 is 0 Å². The number of nitrogens with two attached hydrogens (primary N) is 1. The zero-order valence-electron chi connectivity index (χ0n) is 11.8. The molecule has 1 aliphatic rings. The average Bonchev–Trinajstić information content (AvgIpc) is 2.75. The Balaban J connectivity index is 2.01. The van der Waals surface area contributed by atoms with E-state index in [0.29, 0.717) is 12.6 Å². The quantitative estimate of drug-likeness (QED) is 0.900. The van der Waals surface area contributed by atoms with Crippen LogP contribution in [-0.4, -0.2) is 22.1 Å². The third-order valence-corrected chi connectivity index (χ3v) is 4.27. The Labute approximate surface area is 114 Å². The van der Waals surface area contributed by atoms with Crippen molar-refractivity contribution in [3.05, 3.63) is 24.0 Å². The lowest BCUT2D eigenvalue weighted by molar-refractivity contribution is 0.485. The third kappa shape index (κ3) is 2.10. The molecule has 1 aromatic carbocycles. The number of benzene rings is 1. The van der Waals surface area contributed by atoms with Crippen LogP contribution >= 0.6 is 0 Å². The molecule has 2 N–H and O–H groups in total. The summed E-state index contributed by atoms with van der Waals surface area (Å²) in [6.07, 6.45) is 3.92. The number of piperidine rings is 1. The monoisotopic (exact) mass is 258 g/mol. The summed E-state index contributed by atoms with van der Waals surface area (Å²) in [4.78, 5) is 7.12. The first-order chi connectivity index (χ1) is 9.20. The van der Waals surface area contributed by atoms with Gasteiger partial charge in [0.2, 0.25) is 0 Å². The van der Waals surface area contributed by atoms with Crippen molar-refractivity contribution in [2.24, 2.45) is 12.8 Å². The molecule has 1 aliphatic heterocycles. The number of anilines is 1. The molecule has 0 radical (unpaired) electrons. The predicted molar refractivity (Wildman–Crippen MR) is 79.3 cm³/mol. The van der Waals surface area contributed by atoms with Crippen LogP contribution in [0.15, 0.2) is 18.2 Å². The molecule has 0 bridgehead atoms. The Bertz CT molecular complexity index is 587. The molecule has 4 heteroatoms. The summed E-state index contributed by atoms with van der Waals surface area (Å²) in [6, 6.07) is 7.21. The summed E-state index contributed by atoms with van der Waals surface area (Å²) in [5.74, 6) is 0.943. The number of nitrogens with zero attached hydrogens (tertiary/aromatic N) is 3. The summed E-state index contributed by atoms with van der Waals surface area (Å²) in [7, 11) is 2.03. The Morgan fingerprint density at radius 1 is 1.37 bits per heavy atom. The second-order valence-electron chi connectivity index (χ2n) is 5.50. The summed E-state index contributed by atoms with van der Waals surface area (Å²) in [5.41, 5.74) is 9.23. The molecule has 19 heavy (non-hydrogen) atoms. The van der Waals surface area contributed by atoms with Gasteiger partial charge in [-0.2, -0.15) is 0 Å². The molecule has 0 saturated carbocycles. The smallest absolute Gasteiger partial charge is 0.123 e. The van der Waals surface area contributed by atoms with Crippen molar-refractivity contribution in [3.63, 3.8) is 0 Å². The second kappa shape index (κ2) is 4.85. The SMILES string of the molecule is CC1CCCCN1c1ccc2c(c1)nc(CN)n2C. The Morgan fingerprint density at radius 3 is 2.95 bits per heavy atom. The van der Waals surface area contributed by atoms with Crippen LogP contribution in [0.5, 0.6) is 0 Å². The van der Waals surface area contributed by atoms with Crippen LogP contribution in [0.3, 0.4) is 0 Å². The van der Waals surface area contributed by atoms with Gasteiger partial charge in [0.05, 0.1) is 17.6 Å². The van der Waals surface area contributed by atoms with Crippen LogP contribution in [0, 0.1) is 0 Å². The van der Waals surface area contributed by atoms with Crippen LogP contribution < -0.4 is 10.6 Å². The van der Waals surface area contributed by atoms with E-state index in [9.17, 15) is 0 Å². The van der Waals surface area contributed by atoms with E-state index in [0.717, 1.165) is 23.4 Å². The van der Waals surface area contributed by atoms with Crippen molar-refractivity contribution < 1.29 is 0 Å². The Hall–Kier alpha value is -1.55. The standard InChI is InChI=1S/C15H22N4/c1-11-5-3-4-8-19(11)12-6-7-14-13(9-12)17-15(10-16)18(14)2/h6-7,9,11H,3-5,8,10,16H2,1-2H3. The Morgan fingerprint density at radius 2 is 2.21 bits per heavy atom. The molecule has 2 heterocycles. The van der Waals surface area contributed by atoms with E-state index in [1.807, 2.05) is 7.05 Å². The van der Waals surface area contributed by atoms with Crippen LogP contribution in [0.25, 0.3) is 11.0 Å². The van der Waals surface area contributed by atoms with E-state index < -0.39 is 0 Å². The zero-order chi connectivity index (χ0) is 13.4. The largest absolute Gasteiger partial charge is 0.369 e. The van der Waals surface area contributed by atoms with Crippen LogP contribution in [0.4, 0.5) is 5.69 Å². The lowest BCUT2D eigenvalue weighted by Crippen LogP contribution is -2.37. The first-order valence-electron chi connectivity index (χ1n) is 7.13. The number of aromatic nitrogens is 2. The third-order valence-electron chi connectivity index (χ3n) is 4.27. The molecular formula is C15H22N4. The van der Waals surface area contributed by atoms with Crippen LogP contribution in [0.1, 0.15) is 32.0 Å². The van der Waals surface area contributed by atoms with Gasteiger partial charge in [0.15, 0.2) is 0 Å². The fourth-order valence-electron chi connectivity index (χ4n) is 3.08. The van der Waals surface area contributed by atoms with Crippen LogP contribution in [0.2, 0.25) is 0 Å². The van der Waals surface area contributed by atoms with E-state index in [2.05, 4.69) is 39.6 Å². The maximum absolute atomic E-state index is 5.72. The van der Waals surface area contributed by atoms with E-state index in [1.165, 1.54) is 24.9 Å². The van der Waals surface area contributed by atoms with Gasteiger partial charge in [0.25, 0.3) is 0 Å². The minimum atomic E-state index is 0.487. The van der Waals surface area contributed by atoms with Gasteiger partial charge in [0, 0.05) is 25.3 Å². The molecule has 0 spiro atoms. The van der Waals surface area contributed by atoms with E-state index in [4.69, 9.17) is 5.73 Å². The van der Waals surface area contributed by atoms with Gasteiger partial charge in [-0.1, -0.05) is 0 Å². The number of fused-ring (bicyclic) bond motifs is 1. The van der Waals surface area contributed by atoms with Crippen molar-refractivity contribution >= 4 is 16.7 Å². The lowest BCUT2D eigenvalue weighted by atomic mass is 10.0. The van der Waals surface area contributed by atoms with Crippen molar-refractivity contribution in [2.45, 2.75) is 38.8 Å². The van der Waals surface area contributed by atoms with E-state index in [-0.39, 0.29) is 0 Å². The highest BCUT2D eigenvalue weighted by Gasteiger charge is 2.19. The average molecular weight is 258 g/mol. The molecule has 1 atom stereocenters. The van der Waals surface area contributed by atoms with Gasteiger partial charge in [-0.15, -0.1) is 0 Å². The molecule has 102 valence electrons. The Kier molecular flexibility index (Phi) is 3.19. The lowest BCUT2D eigenvalue weighted by Gasteiger charge is -2.35. The number of hydrogen-bond acceptors (Lipinski definition) is 3. The van der Waals surface area contributed by atoms with Crippen molar-refractivity contribution in [2.75, 3.05) is 11.4 Å². The van der Waals surface area contributed by atoms with Crippen molar-refractivity contribution in [1.29, 1.82) is 0 Å². The van der Waals surface area contributed by atoms with Gasteiger partial charge in [0.1, 0.15) is 5.82 Å². The molecule has 4 nitrogen and oxygen atoms in total. The van der Waals surface area contributed by atoms with Crippen molar-refractivity contribution in [1.82, 2.24) is 9.55 Å². The maximum atomic E-state index is 5.72. The first kappa shape index (κ1) is 12.5. The highest BCUT2D eigenvalue weighted by atomic mass is 15.2. The van der Waals surface area contributed by atoms with Crippen LogP contribution in [-0.2, 0) is 13.6 Å². The number of aryl methyl sites for hydroxylation is 1. The minimum absolute atomic E-state index is 0.487. The summed E-state index contributed by atoms with van der Waals surface area (Å²) < 4.78 is 2.08. The van der Waals surface area contributed by atoms with Gasteiger partial charge in [-0.05, 0) is 44.4 Å². The zero-order valence-corrected chi connectivity index (χ0v) is 11.8. The topological polar surface area (TPSA) is 47.1 Å². The molecule has 1 unspecified atom stereocenters. The second-order valence-corrected chi connectivity index (χ2v) is 5.50. The molecule has 0 amide bonds. The highest BCUT2D eigenvalue weighted by Crippen LogP contribution is 2.27. The number of hydrogen-bond donors (Lipinski definition) is 1. The molecule has 3 rings (SSSR count). The van der Waals surface area contributed by atoms with Gasteiger partial charge in [-0.25, -0.2) is 4.98 Å². The van der Waals surface area contributed by atoms with Gasteiger partial charge >= 0.3 is 0 Å².